The van der Waals surface area contributed by atoms with Crippen molar-refractivity contribution in [2.75, 3.05) is 0 Å². The van der Waals surface area contributed by atoms with Crippen LogP contribution in [-0.4, -0.2) is 4.57 Å². The van der Waals surface area contributed by atoms with Crippen LogP contribution < -0.4 is 4.74 Å². The molecule has 0 radical (unpaired) electrons. The zero-order valence-corrected chi connectivity index (χ0v) is 20.9. The number of rotatable bonds is 5. The quantitative estimate of drug-likeness (QED) is 0.292. The molecule has 1 saturated carbocycles. The lowest BCUT2D eigenvalue weighted by Crippen LogP contribution is -2.15. The second-order valence-electron chi connectivity index (χ2n) is 9.20. The number of aryl methyl sites for hydroxylation is 1. The molecule has 3 aromatic carbocycles. The topological polar surface area (TPSA) is 14.2 Å². The number of ether oxygens (including phenoxy) is 1. The molecule has 178 valence electrons. The number of nitrogens with zero attached hydrogens (tertiary/aromatic N) is 1. The summed E-state index contributed by atoms with van der Waals surface area (Å²) in [6, 6.07) is 23.5. The van der Waals surface area contributed by atoms with Crippen molar-refractivity contribution in [3.05, 3.63) is 95.4 Å². The van der Waals surface area contributed by atoms with Gasteiger partial charge in [-0.05, 0) is 79.1 Å². The lowest BCUT2D eigenvalue weighted by atomic mass is 9.80. The zero-order valence-electron chi connectivity index (χ0n) is 20.9. The molecule has 1 aliphatic carbocycles. The van der Waals surface area contributed by atoms with Gasteiger partial charge in [0.05, 0.1) is 5.52 Å². The van der Waals surface area contributed by atoms with Gasteiger partial charge in [0, 0.05) is 16.8 Å². The monoisotopic (exact) mass is 457 g/mol. The molecule has 1 fully saturated rings. The van der Waals surface area contributed by atoms with Gasteiger partial charge in [-0.1, -0.05) is 70.0 Å². The van der Waals surface area contributed by atoms with E-state index in [1.807, 2.05) is 44.2 Å². The normalized spacial score (nSPS) is 17.8. The van der Waals surface area contributed by atoms with E-state index in [0.29, 0.717) is 12.5 Å². The van der Waals surface area contributed by atoms with E-state index >= 15 is 0 Å². The average molecular weight is 458 g/mol. The molecule has 2 nitrogen and oxygen atoms in total. The Morgan fingerprint density at radius 2 is 1.53 bits per heavy atom. The van der Waals surface area contributed by atoms with E-state index in [4.69, 9.17) is 4.74 Å². The average Bonchev–Trinajstić information content (AvgIpc) is 3.18. The van der Waals surface area contributed by atoms with Crippen molar-refractivity contribution < 1.29 is 9.13 Å². The second-order valence-corrected chi connectivity index (χ2v) is 9.20. The molecule has 0 spiro atoms. The van der Waals surface area contributed by atoms with E-state index in [1.165, 1.54) is 42.3 Å². The molecule has 0 saturated heterocycles. The minimum Gasteiger partial charge on any atom is -0.488 e. The van der Waals surface area contributed by atoms with Crippen LogP contribution >= 0.6 is 0 Å². The first-order valence-electron chi connectivity index (χ1n) is 12.7. The van der Waals surface area contributed by atoms with Crippen LogP contribution in [0.1, 0.15) is 69.2 Å². The summed E-state index contributed by atoms with van der Waals surface area (Å²) in [6.07, 6.45) is 4.90. The predicted octanol–water partition coefficient (Wildman–Crippen LogP) is 8.98. The van der Waals surface area contributed by atoms with E-state index in [2.05, 4.69) is 48.7 Å². The Labute approximate surface area is 203 Å². The van der Waals surface area contributed by atoms with Crippen LogP contribution in [0.25, 0.3) is 16.6 Å². The Bertz CT molecular complexity index is 1200. The molecule has 1 heterocycles. The van der Waals surface area contributed by atoms with Crippen LogP contribution in [0.2, 0.25) is 0 Å². The number of benzene rings is 3. The molecular weight excluding hydrogens is 421 g/mol. The van der Waals surface area contributed by atoms with Crippen molar-refractivity contribution in [3.8, 4) is 11.4 Å². The van der Waals surface area contributed by atoms with Crippen LogP contribution in [0.5, 0.6) is 5.75 Å². The number of hydrogen-bond acceptors (Lipinski definition) is 1. The molecule has 3 heteroatoms. The SMILES string of the molecule is CC.Cc1c(C2CCC(C)CC2)n(-c2ccc(F)cc2)c2cccc(OCc3ccccc3)c12. The molecule has 0 atom stereocenters. The molecule has 34 heavy (non-hydrogen) atoms. The molecular formula is C31H36FNO. The number of hydrogen-bond donors (Lipinski definition) is 0. The van der Waals surface area contributed by atoms with Gasteiger partial charge in [0.1, 0.15) is 18.2 Å². The molecule has 1 aromatic heterocycles. The Morgan fingerprint density at radius 1 is 0.853 bits per heavy atom. The maximum absolute atomic E-state index is 13.7. The Hall–Kier alpha value is -3.07. The summed E-state index contributed by atoms with van der Waals surface area (Å²) in [6.45, 7) is 9.12. The highest BCUT2D eigenvalue weighted by Gasteiger charge is 2.28. The van der Waals surface area contributed by atoms with Crippen LogP contribution in [-0.2, 0) is 6.61 Å². The lowest BCUT2D eigenvalue weighted by molar-refractivity contribution is 0.310. The fraction of sp³-hybridized carbons (Fsp3) is 0.355. The Morgan fingerprint density at radius 3 is 2.21 bits per heavy atom. The van der Waals surface area contributed by atoms with Gasteiger partial charge in [0.25, 0.3) is 0 Å². The summed E-state index contributed by atoms with van der Waals surface area (Å²) in [4.78, 5) is 0. The fourth-order valence-corrected chi connectivity index (χ4v) is 5.25. The van der Waals surface area contributed by atoms with Crippen LogP contribution in [0.4, 0.5) is 4.39 Å². The first-order chi connectivity index (χ1) is 16.6. The predicted molar refractivity (Wildman–Crippen MR) is 140 cm³/mol. The van der Waals surface area contributed by atoms with Gasteiger partial charge in [-0.2, -0.15) is 0 Å². The van der Waals surface area contributed by atoms with E-state index in [1.54, 1.807) is 12.1 Å². The molecule has 0 unspecified atom stereocenters. The van der Waals surface area contributed by atoms with E-state index in [9.17, 15) is 4.39 Å². The van der Waals surface area contributed by atoms with Crippen molar-refractivity contribution in [1.82, 2.24) is 4.57 Å². The van der Waals surface area contributed by atoms with Crippen molar-refractivity contribution in [2.24, 2.45) is 5.92 Å². The summed E-state index contributed by atoms with van der Waals surface area (Å²) < 4.78 is 22.4. The number of halogens is 1. The van der Waals surface area contributed by atoms with Gasteiger partial charge in [-0.15, -0.1) is 0 Å². The molecule has 5 rings (SSSR count). The second kappa shape index (κ2) is 10.9. The number of fused-ring (bicyclic) bond motifs is 1. The van der Waals surface area contributed by atoms with Crippen LogP contribution in [0.15, 0.2) is 72.8 Å². The smallest absolute Gasteiger partial charge is 0.129 e. The minimum atomic E-state index is -0.207. The molecule has 0 N–H and O–H groups in total. The third-order valence-electron chi connectivity index (χ3n) is 6.97. The minimum absolute atomic E-state index is 0.207. The van der Waals surface area contributed by atoms with E-state index in [0.717, 1.165) is 28.4 Å². The molecule has 4 aromatic rings. The molecule has 0 bridgehead atoms. The van der Waals surface area contributed by atoms with Gasteiger partial charge < -0.3 is 9.30 Å². The first kappa shape index (κ1) is 24.1. The number of aromatic nitrogens is 1. The van der Waals surface area contributed by atoms with E-state index in [-0.39, 0.29) is 5.82 Å². The largest absolute Gasteiger partial charge is 0.488 e. The summed E-state index contributed by atoms with van der Waals surface area (Å²) >= 11 is 0. The molecule has 0 amide bonds. The highest BCUT2D eigenvalue weighted by molar-refractivity contribution is 5.92. The summed E-state index contributed by atoms with van der Waals surface area (Å²) in [5, 5.41) is 1.17. The van der Waals surface area contributed by atoms with Gasteiger partial charge >= 0.3 is 0 Å². The Kier molecular flexibility index (Phi) is 7.72. The van der Waals surface area contributed by atoms with Gasteiger partial charge in [-0.3, -0.25) is 0 Å². The summed E-state index contributed by atoms with van der Waals surface area (Å²) in [7, 11) is 0. The van der Waals surface area contributed by atoms with Crippen molar-refractivity contribution in [1.29, 1.82) is 0 Å². The molecule has 1 aliphatic rings. The maximum atomic E-state index is 13.7. The zero-order chi connectivity index (χ0) is 24.1. The third-order valence-corrected chi connectivity index (χ3v) is 6.97. The van der Waals surface area contributed by atoms with Crippen molar-refractivity contribution in [3.63, 3.8) is 0 Å². The maximum Gasteiger partial charge on any atom is 0.129 e. The van der Waals surface area contributed by atoms with Crippen molar-refractivity contribution in [2.45, 2.75) is 65.9 Å². The van der Waals surface area contributed by atoms with Gasteiger partial charge in [0.2, 0.25) is 0 Å². The van der Waals surface area contributed by atoms with Gasteiger partial charge in [0.15, 0.2) is 0 Å². The lowest BCUT2D eigenvalue weighted by Gasteiger charge is -2.28. The summed E-state index contributed by atoms with van der Waals surface area (Å²) in [5.74, 6) is 2.00. The van der Waals surface area contributed by atoms with E-state index < -0.39 is 0 Å². The van der Waals surface area contributed by atoms with Crippen LogP contribution in [0, 0.1) is 18.7 Å². The first-order valence-corrected chi connectivity index (χ1v) is 12.7. The van der Waals surface area contributed by atoms with Gasteiger partial charge in [-0.25, -0.2) is 4.39 Å². The fourth-order valence-electron chi connectivity index (χ4n) is 5.25. The molecule has 0 aliphatic heterocycles. The summed E-state index contributed by atoms with van der Waals surface area (Å²) in [5.41, 5.74) is 5.94. The van der Waals surface area contributed by atoms with Crippen LogP contribution in [0.3, 0.4) is 0 Å². The highest BCUT2D eigenvalue weighted by atomic mass is 19.1. The Balaban J connectivity index is 0.00000133. The third kappa shape index (κ3) is 4.89. The van der Waals surface area contributed by atoms with Crippen molar-refractivity contribution >= 4 is 10.9 Å². The highest BCUT2D eigenvalue weighted by Crippen LogP contribution is 2.44. The standard InChI is InChI=1S/C29H30FNO.C2H6/c1-20-11-13-23(14-12-20)29-21(2)28-26(31(29)25-17-15-24(30)16-18-25)9-6-10-27(28)32-19-22-7-4-3-5-8-22;1-2/h3-10,15-18,20,23H,11-14,19H2,1-2H3;1-2H3.